The van der Waals surface area contributed by atoms with Crippen LogP contribution in [0, 0.1) is 0 Å². The van der Waals surface area contributed by atoms with E-state index in [-0.39, 0.29) is 0 Å². The first-order chi connectivity index (χ1) is 5.20. The van der Waals surface area contributed by atoms with Crippen LogP contribution in [0.25, 0.3) is 0 Å². The van der Waals surface area contributed by atoms with Crippen LogP contribution in [0.4, 0.5) is 0 Å². The summed E-state index contributed by atoms with van der Waals surface area (Å²) in [6.07, 6.45) is 1.28. The molecule has 0 radical (unpaired) electrons. The van der Waals surface area contributed by atoms with E-state index in [1.807, 2.05) is 13.8 Å². The van der Waals surface area contributed by atoms with E-state index in [0.717, 1.165) is 12.8 Å². The van der Waals surface area contributed by atoms with Crippen LogP contribution < -0.4 is 0 Å². The topological polar surface area (TPSA) is 49.7 Å². The summed E-state index contributed by atoms with van der Waals surface area (Å²) >= 11 is 0. The molecule has 0 aromatic heterocycles. The Hall–Kier alpha value is -0.120. The van der Waals surface area contributed by atoms with Crippen molar-refractivity contribution in [2.75, 3.05) is 0 Å². The summed E-state index contributed by atoms with van der Waals surface area (Å²) in [7, 11) is 0. The fourth-order valence-electron chi connectivity index (χ4n) is 0.811. The van der Waals surface area contributed by atoms with Crippen molar-refractivity contribution in [1.82, 2.24) is 0 Å². The van der Waals surface area contributed by atoms with Crippen LogP contribution in [-0.2, 0) is 4.74 Å². The van der Waals surface area contributed by atoms with Crippen LogP contribution in [-0.4, -0.2) is 22.8 Å². The van der Waals surface area contributed by atoms with Crippen molar-refractivity contribution in [3.63, 3.8) is 0 Å². The molecule has 0 spiro atoms. The van der Waals surface area contributed by atoms with Crippen LogP contribution in [0.3, 0.4) is 0 Å². The predicted octanol–water partition coefficient (Wildman–Crippen LogP) is 1.24. The van der Waals surface area contributed by atoms with Gasteiger partial charge in [0.05, 0.1) is 0 Å². The first kappa shape index (κ1) is 10.9. The molecule has 0 aromatic carbocycles. The zero-order chi connectivity index (χ0) is 8.69. The smallest absolute Gasteiger partial charge is 0.157 e. The third-order valence-electron chi connectivity index (χ3n) is 1.39. The van der Waals surface area contributed by atoms with Crippen molar-refractivity contribution in [2.24, 2.45) is 0 Å². The highest BCUT2D eigenvalue weighted by molar-refractivity contribution is 4.44. The molecule has 2 atom stereocenters. The normalized spacial score (nSPS) is 16.4. The number of rotatable bonds is 6. The molecular weight excluding hydrogens is 144 g/mol. The van der Waals surface area contributed by atoms with Crippen LogP contribution in [0.5, 0.6) is 0 Å². The van der Waals surface area contributed by atoms with Gasteiger partial charge in [-0.15, -0.1) is 0 Å². The van der Waals surface area contributed by atoms with Crippen LogP contribution in [0.2, 0.25) is 0 Å². The lowest BCUT2D eigenvalue weighted by atomic mass is 10.3. The van der Waals surface area contributed by atoms with Gasteiger partial charge in [0.2, 0.25) is 0 Å². The van der Waals surface area contributed by atoms with Gasteiger partial charge >= 0.3 is 0 Å². The summed E-state index contributed by atoms with van der Waals surface area (Å²) in [6.45, 7) is 3.91. The van der Waals surface area contributed by atoms with Crippen molar-refractivity contribution in [1.29, 1.82) is 0 Å². The molecule has 2 N–H and O–H groups in total. The van der Waals surface area contributed by atoms with Gasteiger partial charge in [-0.3, -0.25) is 0 Å². The van der Waals surface area contributed by atoms with Crippen molar-refractivity contribution >= 4 is 0 Å². The van der Waals surface area contributed by atoms with E-state index >= 15 is 0 Å². The van der Waals surface area contributed by atoms with Crippen molar-refractivity contribution in [2.45, 2.75) is 52.1 Å². The quantitative estimate of drug-likeness (QED) is 0.578. The first-order valence-corrected chi connectivity index (χ1v) is 4.22. The van der Waals surface area contributed by atoms with Gasteiger partial charge in [0, 0.05) is 0 Å². The van der Waals surface area contributed by atoms with Gasteiger partial charge in [-0.05, 0) is 12.8 Å². The monoisotopic (exact) mass is 162 g/mol. The maximum Gasteiger partial charge on any atom is 0.157 e. The van der Waals surface area contributed by atoms with Crippen molar-refractivity contribution in [3.05, 3.63) is 0 Å². The molecule has 0 amide bonds. The average Bonchev–Trinajstić information content (AvgIpc) is 1.87. The summed E-state index contributed by atoms with van der Waals surface area (Å²) in [6, 6.07) is 0. The number of hydrogen-bond acceptors (Lipinski definition) is 3. The molecule has 0 aromatic rings. The lowest BCUT2D eigenvalue weighted by Crippen LogP contribution is -2.21. The molecule has 0 saturated heterocycles. The van der Waals surface area contributed by atoms with E-state index in [9.17, 15) is 0 Å². The molecule has 0 heterocycles. The largest absolute Gasteiger partial charge is 0.368 e. The Morgan fingerprint density at radius 2 is 1.36 bits per heavy atom. The standard InChI is InChI=1S/C8H18O3/c1-3-5-7(9)11-8(10)6-4-2/h7-10H,3-6H2,1-2H3/t7-,8-/m1/s1. The van der Waals surface area contributed by atoms with E-state index in [1.54, 1.807) is 0 Å². The highest BCUT2D eigenvalue weighted by Gasteiger charge is 2.08. The Labute approximate surface area is 68.0 Å². The maximum absolute atomic E-state index is 9.06. The third-order valence-corrected chi connectivity index (χ3v) is 1.39. The number of hydrogen-bond donors (Lipinski definition) is 2. The Morgan fingerprint density at radius 3 is 1.64 bits per heavy atom. The van der Waals surface area contributed by atoms with E-state index in [1.165, 1.54) is 0 Å². The molecule has 0 aliphatic rings. The van der Waals surface area contributed by atoms with Gasteiger partial charge in [-0.2, -0.15) is 0 Å². The second kappa shape index (κ2) is 6.58. The van der Waals surface area contributed by atoms with Gasteiger partial charge in [-0.25, -0.2) is 0 Å². The van der Waals surface area contributed by atoms with Crippen LogP contribution >= 0.6 is 0 Å². The summed E-state index contributed by atoms with van der Waals surface area (Å²) in [5.41, 5.74) is 0. The van der Waals surface area contributed by atoms with Gasteiger partial charge in [-0.1, -0.05) is 26.7 Å². The second-order valence-corrected chi connectivity index (χ2v) is 2.62. The van der Waals surface area contributed by atoms with Gasteiger partial charge in [0.25, 0.3) is 0 Å². The minimum Gasteiger partial charge on any atom is -0.368 e. The number of aliphatic hydroxyl groups excluding tert-OH is 2. The molecule has 0 unspecified atom stereocenters. The zero-order valence-corrected chi connectivity index (χ0v) is 7.29. The molecule has 0 rings (SSSR count). The molecule has 3 heteroatoms. The second-order valence-electron chi connectivity index (χ2n) is 2.62. The molecule has 68 valence electrons. The van der Waals surface area contributed by atoms with E-state index in [2.05, 4.69) is 0 Å². The molecular formula is C8H18O3. The number of ether oxygens (including phenoxy) is 1. The average molecular weight is 162 g/mol. The van der Waals surface area contributed by atoms with Gasteiger partial charge in [0.1, 0.15) is 0 Å². The molecule has 0 saturated carbocycles. The van der Waals surface area contributed by atoms with Gasteiger partial charge in [0.15, 0.2) is 12.6 Å². The Kier molecular flexibility index (Phi) is 6.51. The lowest BCUT2D eigenvalue weighted by Gasteiger charge is -2.15. The fourth-order valence-corrected chi connectivity index (χ4v) is 0.811. The Bertz CT molecular complexity index is 75.4. The zero-order valence-electron chi connectivity index (χ0n) is 7.29. The SMILES string of the molecule is CCC[C@H](O)O[C@@H](O)CCC. The number of aliphatic hydroxyl groups is 2. The first-order valence-electron chi connectivity index (χ1n) is 4.22. The molecule has 0 aliphatic carbocycles. The molecule has 3 nitrogen and oxygen atoms in total. The summed E-state index contributed by atoms with van der Waals surface area (Å²) in [5.74, 6) is 0. The Balaban J connectivity index is 3.32. The molecule has 0 aliphatic heterocycles. The maximum atomic E-state index is 9.06. The summed E-state index contributed by atoms with van der Waals surface area (Å²) in [4.78, 5) is 0. The molecule has 11 heavy (non-hydrogen) atoms. The summed E-state index contributed by atoms with van der Waals surface area (Å²) < 4.78 is 4.84. The van der Waals surface area contributed by atoms with E-state index in [4.69, 9.17) is 14.9 Å². The van der Waals surface area contributed by atoms with Crippen LogP contribution in [0.15, 0.2) is 0 Å². The lowest BCUT2D eigenvalue weighted by molar-refractivity contribution is -0.211. The van der Waals surface area contributed by atoms with E-state index < -0.39 is 12.6 Å². The summed E-state index contributed by atoms with van der Waals surface area (Å²) in [5, 5.41) is 18.1. The van der Waals surface area contributed by atoms with Gasteiger partial charge < -0.3 is 14.9 Å². The van der Waals surface area contributed by atoms with Crippen molar-refractivity contribution < 1.29 is 14.9 Å². The predicted molar refractivity (Wildman–Crippen MR) is 42.9 cm³/mol. The molecule has 0 fully saturated rings. The fraction of sp³-hybridized carbons (Fsp3) is 1.00. The minimum absolute atomic E-state index is 0.584. The molecule has 0 bridgehead atoms. The minimum atomic E-state index is -0.804. The van der Waals surface area contributed by atoms with Crippen molar-refractivity contribution in [3.8, 4) is 0 Å². The Morgan fingerprint density at radius 1 is 1.00 bits per heavy atom. The highest BCUT2D eigenvalue weighted by atomic mass is 16.7. The van der Waals surface area contributed by atoms with E-state index in [0.29, 0.717) is 12.8 Å². The third kappa shape index (κ3) is 6.28. The highest BCUT2D eigenvalue weighted by Crippen LogP contribution is 2.04. The van der Waals surface area contributed by atoms with Crippen LogP contribution in [0.1, 0.15) is 39.5 Å².